The molecule has 0 aromatic heterocycles. The average molecular weight is 383 g/mol. The standard InChI is InChI=1S/C18H16F3NO5/c1-10(16(23)22-13-5-3-4-12(19)9-13)26-17(24)11-6-7-14(27-18(20)21)15(8-11)25-2/h3-10,18H,1-2H3,(H,22,23)/t10-/m1/s1. The molecule has 0 saturated heterocycles. The number of hydrogen-bond donors (Lipinski definition) is 1. The molecule has 0 spiro atoms. The van der Waals surface area contributed by atoms with Crippen molar-refractivity contribution in [1.29, 1.82) is 0 Å². The lowest BCUT2D eigenvalue weighted by Gasteiger charge is -2.15. The molecule has 0 fully saturated rings. The summed E-state index contributed by atoms with van der Waals surface area (Å²) in [6.45, 7) is -1.72. The van der Waals surface area contributed by atoms with E-state index in [0.717, 1.165) is 18.2 Å². The fourth-order valence-electron chi connectivity index (χ4n) is 2.08. The predicted octanol–water partition coefficient (Wildman–Crippen LogP) is 3.62. The summed E-state index contributed by atoms with van der Waals surface area (Å²) in [5, 5.41) is 2.41. The average Bonchev–Trinajstić information content (AvgIpc) is 2.61. The van der Waals surface area contributed by atoms with Crippen LogP contribution in [-0.2, 0) is 9.53 Å². The van der Waals surface area contributed by atoms with Crippen LogP contribution in [0.1, 0.15) is 17.3 Å². The van der Waals surface area contributed by atoms with Crippen LogP contribution in [0.3, 0.4) is 0 Å². The van der Waals surface area contributed by atoms with Crippen molar-refractivity contribution in [2.75, 3.05) is 12.4 Å². The first-order valence-electron chi connectivity index (χ1n) is 7.70. The highest BCUT2D eigenvalue weighted by molar-refractivity contribution is 5.97. The number of esters is 1. The third-order valence-corrected chi connectivity index (χ3v) is 3.36. The number of ether oxygens (including phenoxy) is 3. The van der Waals surface area contributed by atoms with Gasteiger partial charge < -0.3 is 19.5 Å². The molecule has 9 heteroatoms. The van der Waals surface area contributed by atoms with E-state index in [1.165, 1.54) is 38.3 Å². The van der Waals surface area contributed by atoms with Crippen LogP contribution in [0.5, 0.6) is 11.5 Å². The van der Waals surface area contributed by atoms with Crippen LogP contribution in [0.15, 0.2) is 42.5 Å². The molecule has 27 heavy (non-hydrogen) atoms. The molecule has 0 aliphatic heterocycles. The van der Waals surface area contributed by atoms with E-state index in [0.29, 0.717) is 0 Å². The number of amides is 1. The zero-order valence-corrected chi connectivity index (χ0v) is 14.4. The summed E-state index contributed by atoms with van der Waals surface area (Å²) in [5.74, 6) is -2.42. The highest BCUT2D eigenvalue weighted by Crippen LogP contribution is 2.29. The minimum absolute atomic E-state index is 0.0288. The van der Waals surface area contributed by atoms with Gasteiger partial charge in [-0.3, -0.25) is 4.79 Å². The van der Waals surface area contributed by atoms with Crippen LogP contribution in [0.2, 0.25) is 0 Å². The predicted molar refractivity (Wildman–Crippen MR) is 89.5 cm³/mol. The number of methoxy groups -OCH3 is 1. The van der Waals surface area contributed by atoms with E-state index >= 15 is 0 Å². The first kappa shape index (κ1) is 20.1. The maximum atomic E-state index is 13.1. The minimum Gasteiger partial charge on any atom is -0.493 e. The Kier molecular flexibility index (Phi) is 6.64. The molecule has 0 aliphatic rings. The summed E-state index contributed by atoms with van der Waals surface area (Å²) >= 11 is 0. The Hall–Kier alpha value is -3.23. The van der Waals surface area contributed by atoms with E-state index in [2.05, 4.69) is 10.1 Å². The zero-order chi connectivity index (χ0) is 20.0. The molecule has 0 heterocycles. The molecular formula is C18H16F3NO5. The van der Waals surface area contributed by atoms with Gasteiger partial charge in [0.25, 0.3) is 5.91 Å². The van der Waals surface area contributed by atoms with E-state index in [1.807, 2.05) is 0 Å². The smallest absolute Gasteiger partial charge is 0.387 e. The quantitative estimate of drug-likeness (QED) is 0.740. The van der Waals surface area contributed by atoms with Crippen LogP contribution >= 0.6 is 0 Å². The Balaban J connectivity index is 2.04. The number of halogens is 3. The monoisotopic (exact) mass is 383 g/mol. The number of nitrogens with one attached hydrogen (secondary N) is 1. The van der Waals surface area contributed by atoms with E-state index < -0.39 is 30.4 Å². The Morgan fingerprint density at radius 1 is 1.07 bits per heavy atom. The van der Waals surface area contributed by atoms with Crippen molar-refractivity contribution < 1.29 is 37.0 Å². The SMILES string of the molecule is COc1cc(C(=O)O[C@H](C)C(=O)Nc2cccc(F)c2)ccc1OC(F)F. The van der Waals surface area contributed by atoms with E-state index in [-0.39, 0.29) is 22.7 Å². The number of alkyl halides is 2. The first-order chi connectivity index (χ1) is 12.8. The van der Waals surface area contributed by atoms with E-state index in [9.17, 15) is 22.8 Å². The normalized spacial score (nSPS) is 11.6. The summed E-state index contributed by atoms with van der Waals surface area (Å²) in [4.78, 5) is 24.2. The number of carbonyl (C=O) groups excluding carboxylic acids is 2. The minimum atomic E-state index is -3.05. The number of carbonyl (C=O) groups is 2. The van der Waals surface area contributed by atoms with E-state index in [1.54, 1.807) is 0 Å². The largest absolute Gasteiger partial charge is 0.493 e. The van der Waals surface area contributed by atoms with Crippen molar-refractivity contribution in [1.82, 2.24) is 0 Å². The molecule has 1 amide bonds. The van der Waals surface area contributed by atoms with Crippen LogP contribution in [0.4, 0.5) is 18.9 Å². The molecule has 0 unspecified atom stereocenters. The zero-order valence-electron chi connectivity index (χ0n) is 14.4. The Morgan fingerprint density at radius 2 is 1.81 bits per heavy atom. The van der Waals surface area contributed by atoms with Gasteiger partial charge in [-0.05, 0) is 43.3 Å². The summed E-state index contributed by atoms with van der Waals surface area (Å²) < 4.78 is 52.0. The van der Waals surface area contributed by atoms with Crippen LogP contribution in [-0.4, -0.2) is 31.7 Å². The molecule has 2 aromatic carbocycles. The molecule has 0 radical (unpaired) electrons. The van der Waals surface area contributed by atoms with Crippen molar-refractivity contribution in [2.45, 2.75) is 19.6 Å². The molecule has 144 valence electrons. The highest BCUT2D eigenvalue weighted by atomic mass is 19.3. The maximum Gasteiger partial charge on any atom is 0.387 e. The molecule has 0 bridgehead atoms. The van der Waals surface area contributed by atoms with Crippen molar-refractivity contribution in [2.24, 2.45) is 0 Å². The molecule has 0 saturated carbocycles. The number of benzene rings is 2. The van der Waals surface area contributed by atoms with Gasteiger partial charge >= 0.3 is 12.6 Å². The molecule has 6 nitrogen and oxygen atoms in total. The molecule has 1 atom stereocenters. The van der Waals surface area contributed by atoms with Gasteiger partial charge in [0, 0.05) is 5.69 Å². The Bertz CT molecular complexity index is 828. The maximum absolute atomic E-state index is 13.1. The van der Waals surface area contributed by atoms with Gasteiger partial charge in [-0.1, -0.05) is 6.07 Å². The topological polar surface area (TPSA) is 73.9 Å². The van der Waals surface area contributed by atoms with E-state index in [4.69, 9.17) is 9.47 Å². The number of hydrogen-bond acceptors (Lipinski definition) is 5. The lowest BCUT2D eigenvalue weighted by atomic mass is 10.2. The molecule has 2 rings (SSSR count). The van der Waals surface area contributed by atoms with Crippen LogP contribution < -0.4 is 14.8 Å². The number of rotatable bonds is 7. The Labute approximate surface area is 152 Å². The van der Waals surface area contributed by atoms with Gasteiger partial charge in [0.2, 0.25) is 0 Å². The second-order valence-electron chi connectivity index (χ2n) is 5.29. The van der Waals surface area contributed by atoms with Crippen molar-refractivity contribution in [3.05, 3.63) is 53.8 Å². The van der Waals surface area contributed by atoms with Gasteiger partial charge in [-0.15, -0.1) is 0 Å². The summed E-state index contributed by atoms with van der Waals surface area (Å²) in [6, 6.07) is 8.68. The third-order valence-electron chi connectivity index (χ3n) is 3.36. The second-order valence-corrected chi connectivity index (χ2v) is 5.29. The lowest BCUT2D eigenvalue weighted by molar-refractivity contribution is -0.123. The van der Waals surface area contributed by atoms with Gasteiger partial charge in [-0.25, -0.2) is 9.18 Å². The Morgan fingerprint density at radius 3 is 2.44 bits per heavy atom. The van der Waals surface area contributed by atoms with Crippen LogP contribution in [0.25, 0.3) is 0 Å². The second kappa shape index (κ2) is 8.93. The summed E-state index contributed by atoms with van der Waals surface area (Å²) in [7, 11) is 1.22. The van der Waals surface area contributed by atoms with Gasteiger partial charge in [0.1, 0.15) is 5.82 Å². The number of anilines is 1. The van der Waals surface area contributed by atoms with Crippen molar-refractivity contribution in [3.63, 3.8) is 0 Å². The van der Waals surface area contributed by atoms with Crippen molar-refractivity contribution >= 4 is 17.6 Å². The molecule has 0 aliphatic carbocycles. The lowest BCUT2D eigenvalue weighted by Crippen LogP contribution is -2.30. The van der Waals surface area contributed by atoms with Crippen LogP contribution in [0, 0.1) is 5.82 Å². The highest BCUT2D eigenvalue weighted by Gasteiger charge is 2.21. The summed E-state index contributed by atoms with van der Waals surface area (Å²) in [5.41, 5.74) is 0.178. The fraction of sp³-hybridized carbons (Fsp3) is 0.222. The third kappa shape index (κ3) is 5.63. The van der Waals surface area contributed by atoms with Gasteiger partial charge in [-0.2, -0.15) is 8.78 Å². The fourth-order valence-corrected chi connectivity index (χ4v) is 2.08. The first-order valence-corrected chi connectivity index (χ1v) is 7.70. The van der Waals surface area contributed by atoms with Crippen molar-refractivity contribution in [3.8, 4) is 11.5 Å². The summed E-state index contributed by atoms with van der Waals surface area (Å²) in [6.07, 6.45) is -1.19. The molecular weight excluding hydrogens is 367 g/mol. The molecule has 1 N–H and O–H groups in total. The molecule has 2 aromatic rings. The van der Waals surface area contributed by atoms with Gasteiger partial charge in [0.05, 0.1) is 12.7 Å². The van der Waals surface area contributed by atoms with Gasteiger partial charge in [0.15, 0.2) is 17.6 Å².